The Hall–Kier alpha value is -0.610. The van der Waals surface area contributed by atoms with Gasteiger partial charge in [0.2, 0.25) is 0 Å². The number of ether oxygens (including phenoxy) is 1. The van der Waals surface area contributed by atoms with Crippen LogP contribution in [0.3, 0.4) is 0 Å². The molecule has 1 N–H and O–H groups in total. The Morgan fingerprint density at radius 3 is 2.67 bits per heavy atom. The Kier molecular flexibility index (Phi) is 3.97. The second-order valence-corrected chi connectivity index (χ2v) is 6.29. The summed E-state index contributed by atoms with van der Waals surface area (Å²) >= 11 is 0. The summed E-state index contributed by atoms with van der Waals surface area (Å²) in [5.74, 6) is -0.429. The molecule has 18 heavy (non-hydrogen) atoms. The topological polar surface area (TPSA) is 49.8 Å². The average Bonchev–Trinajstić information content (AvgIpc) is 2.75. The van der Waals surface area contributed by atoms with Gasteiger partial charge >= 0.3 is 5.97 Å². The molecule has 2 aliphatic heterocycles. The molecule has 0 aromatic carbocycles. The number of carboxylic acids is 1. The lowest BCUT2D eigenvalue weighted by Crippen LogP contribution is -2.50. The van der Waals surface area contributed by atoms with Crippen molar-refractivity contribution in [1.29, 1.82) is 0 Å². The number of rotatable bonds is 3. The van der Waals surface area contributed by atoms with Gasteiger partial charge in [-0.25, -0.2) is 0 Å². The van der Waals surface area contributed by atoms with Gasteiger partial charge in [-0.15, -0.1) is 0 Å². The second kappa shape index (κ2) is 5.17. The number of carboxylic acid groups (broad SMARTS) is 1. The Balaban J connectivity index is 2.02. The SMILES string of the molecule is CC1OCCC1N1CCCC(C(C)(C)C(=O)O)C1. The Bertz CT molecular complexity index is 316. The fourth-order valence-corrected chi connectivity index (χ4v) is 3.27. The summed E-state index contributed by atoms with van der Waals surface area (Å²) in [5, 5.41) is 9.35. The van der Waals surface area contributed by atoms with Crippen LogP contribution in [0.2, 0.25) is 0 Å². The first-order valence-electron chi connectivity index (χ1n) is 7.02. The fourth-order valence-electron chi connectivity index (χ4n) is 3.27. The van der Waals surface area contributed by atoms with Gasteiger partial charge in [0.25, 0.3) is 0 Å². The third-order valence-corrected chi connectivity index (χ3v) is 4.83. The van der Waals surface area contributed by atoms with Gasteiger partial charge in [-0.1, -0.05) is 0 Å². The van der Waals surface area contributed by atoms with Crippen molar-refractivity contribution in [2.45, 2.75) is 52.2 Å². The zero-order chi connectivity index (χ0) is 13.3. The smallest absolute Gasteiger partial charge is 0.309 e. The van der Waals surface area contributed by atoms with E-state index >= 15 is 0 Å². The van der Waals surface area contributed by atoms with Crippen LogP contribution < -0.4 is 0 Å². The minimum absolute atomic E-state index is 0.247. The minimum atomic E-state index is -0.676. The first kappa shape index (κ1) is 13.8. The Morgan fingerprint density at radius 1 is 1.39 bits per heavy atom. The van der Waals surface area contributed by atoms with Crippen molar-refractivity contribution in [3.8, 4) is 0 Å². The van der Waals surface area contributed by atoms with Crippen molar-refractivity contribution >= 4 is 5.97 Å². The lowest BCUT2D eigenvalue weighted by atomic mass is 9.74. The molecular formula is C14H25NO3. The van der Waals surface area contributed by atoms with Crippen LogP contribution in [0.25, 0.3) is 0 Å². The molecular weight excluding hydrogens is 230 g/mol. The largest absolute Gasteiger partial charge is 0.481 e. The van der Waals surface area contributed by atoms with Gasteiger partial charge in [0.05, 0.1) is 11.5 Å². The van der Waals surface area contributed by atoms with Crippen LogP contribution in [0, 0.1) is 11.3 Å². The van der Waals surface area contributed by atoms with E-state index in [1.54, 1.807) is 0 Å². The third kappa shape index (κ3) is 2.54. The van der Waals surface area contributed by atoms with E-state index in [2.05, 4.69) is 11.8 Å². The van der Waals surface area contributed by atoms with Gasteiger partial charge in [-0.2, -0.15) is 0 Å². The monoisotopic (exact) mass is 255 g/mol. The second-order valence-electron chi connectivity index (χ2n) is 6.29. The van der Waals surface area contributed by atoms with E-state index in [9.17, 15) is 9.90 Å². The predicted octanol–water partition coefficient (Wildman–Crippen LogP) is 1.99. The summed E-state index contributed by atoms with van der Waals surface area (Å²) in [6, 6.07) is 0.484. The van der Waals surface area contributed by atoms with Gasteiger partial charge in [0, 0.05) is 19.2 Å². The van der Waals surface area contributed by atoms with Crippen LogP contribution in [-0.2, 0) is 9.53 Å². The molecule has 0 bridgehead atoms. The molecule has 0 spiro atoms. The summed E-state index contributed by atoms with van der Waals surface area (Å²) in [6.07, 6.45) is 3.50. The van der Waals surface area contributed by atoms with E-state index in [0.29, 0.717) is 6.04 Å². The third-order valence-electron chi connectivity index (χ3n) is 4.83. The number of carbonyl (C=O) groups is 1. The molecule has 0 saturated carbocycles. The van der Waals surface area contributed by atoms with Crippen molar-refractivity contribution in [1.82, 2.24) is 4.90 Å². The highest BCUT2D eigenvalue weighted by Crippen LogP contribution is 2.36. The molecule has 2 aliphatic rings. The maximum absolute atomic E-state index is 11.4. The van der Waals surface area contributed by atoms with E-state index in [1.165, 1.54) is 0 Å². The molecule has 104 valence electrons. The predicted molar refractivity (Wildman–Crippen MR) is 69.5 cm³/mol. The van der Waals surface area contributed by atoms with Gasteiger partial charge < -0.3 is 9.84 Å². The van der Waals surface area contributed by atoms with Gasteiger partial charge in [0.1, 0.15) is 0 Å². The van der Waals surface area contributed by atoms with E-state index in [0.717, 1.165) is 39.0 Å². The molecule has 4 nitrogen and oxygen atoms in total. The Labute approximate surface area is 109 Å². The number of piperidine rings is 1. The van der Waals surface area contributed by atoms with Crippen molar-refractivity contribution in [3.63, 3.8) is 0 Å². The lowest BCUT2D eigenvalue weighted by molar-refractivity contribution is -0.151. The molecule has 2 saturated heterocycles. The molecule has 2 rings (SSSR count). The average molecular weight is 255 g/mol. The van der Waals surface area contributed by atoms with Crippen molar-refractivity contribution < 1.29 is 14.6 Å². The molecule has 0 aliphatic carbocycles. The molecule has 4 heteroatoms. The van der Waals surface area contributed by atoms with E-state index in [4.69, 9.17) is 4.74 Å². The molecule has 0 aromatic rings. The molecule has 3 atom stereocenters. The summed E-state index contributed by atoms with van der Waals surface area (Å²) in [7, 11) is 0. The number of aliphatic carboxylic acids is 1. The summed E-state index contributed by atoms with van der Waals surface area (Å²) in [5.41, 5.74) is -0.624. The molecule has 0 aromatic heterocycles. The molecule has 0 radical (unpaired) electrons. The van der Waals surface area contributed by atoms with Crippen molar-refractivity contribution in [3.05, 3.63) is 0 Å². The molecule has 0 amide bonds. The maximum atomic E-state index is 11.4. The van der Waals surface area contributed by atoms with Crippen LogP contribution in [0.1, 0.15) is 40.0 Å². The van der Waals surface area contributed by atoms with Gasteiger partial charge in [0.15, 0.2) is 0 Å². The minimum Gasteiger partial charge on any atom is -0.481 e. The van der Waals surface area contributed by atoms with Crippen LogP contribution in [-0.4, -0.2) is 47.8 Å². The number of hydrogen-bond donors (Lipinski definition) is 1. The van der Waals surface area contributed by atoms with Crippen LogP contribution >= 0.6 is 0 Å². The van der Waals surface area contributed by atoms with Gasteiger partial charge in [-0.3, -0.25) is 9.69 Å². The van der Waals surface area contributed by atoms with Crippen LogP contribution in [0.5, 0.6) is 0 Å². The lowest BCUT2D eigenvalue weighted by Gasteiger charge is -2.42. The zero-order valence-corrected chi connectivity index (χ0v) is 11.7. The molecule has 2 fully saturated rings. The maximum Gasteiger partial charge on any atom is 0.309 e. The van der Waals surface area contributed by atoms with Crippen molar-refractivity contribution in [2.75, 3.05) is 19.7 Å². The number of hydrogen-bond acceptors (Lipinski definition) is 3. The highest BCUT2D eigenvalue weighted by atomic mass is 16.5. The van der Waals surface area contributed by atoms with Crippen LogP contribution in [0.4, 0.5) is 0 Å². The van der Waals surface area contributed by atoms with Gasteiger partial charge in [-0.05, 0) is 52.5 Å². The standard InChI is InChI=1S/C14H25NO3/c1-10-12(6-8-18-10)15-7-4-5-11(9-15)14(2,3)13(16)17/h10-12H,4-9H2,1-3H3,(H,16,17). The highest BCUT2D eigenvalue weighted by molar-refractivity contribution is 5.74. The summed E-state index contributed by atoms with van der Waals surface area (Å²) in [4.78, 5) is 13.8. The van der Waals surface area contributed by atoms with Crippen molar-refractivity contribution in [2.24, 2.45) is 11.3 Å². The van der Waals surface area contributed by atoms with E-state index in [1.807, 2.05) is 13.8 Å². The molecule has 3 unspecified atom stereocenters. The number of likely N-dealkylation sites (tertiary alicyclic amines) is 1. The summed E-state index contributed by atoms with van der Waals surface area (Å²) in [6.45, 7) is 8.68. The Morgan fingerprint density at radius 2 is 2.11 bits per heavy atom. The number of nitrogens with zero attached hydrogens (tertiary/aromatic N) is 1. The first-order valence-corrected chi connectivity index (χ1v) is 7.02. The molecule has 2 heterocycles. The highest BCUT2D eigenvalue weighted by Gasteiger charge is 2.41. The first-order chi connectivity index (χ1) is 8.43. The normalized spacial score (nSPS) is 34.7. The quantitative estimate of drug-likeness (QED) is 0.838. The fraction of sp³-hybridized carbons (Fsp3) is 0.929. The van der Waals surface area contributed by atoms with E-state index in [-0.39, 0.29) is 12.0 Å². The van der Waals surface area contributed by atoms with Crippen LogP contribution in [0.15, 0.2) is 0 Å². The summed E-state index contributed by atoms with van der Waals surface area (Å²) < 4.78 is 5.63. The zero-order valence-electron chi connectivity index (χ0n) is 11.7. The van der Waals surface area contributed by atoms with E-state index < -0.39 is 11.4 Å².